The van der Waals surface area contributed by atoms with Gasteiger partial charge in [-0.05, 0) is 36.0 Å². The highest BCUT2D eigenvalue weighted by Gasteiger charge is 2.24. The fourth-order valence-electron chi connectivity index (χ4n) is 3.59. The molecule has 0 fully saturated rings. The van der Waals surface area contributed by atoms with Gasteiger partial charge in [-0.1, -0.05) is 81.5 Å². The third kappa shape index (κ3) is 5.95. The number of carboxylic acids is 2. The van der Waals surface area contributed by atoms with E-state index in [1.54, 1.807) is 12.1 Å². The monoisotopic (exact) mass is 368 g/mol. The Morgan fingerprint density at radius 1 is 0.852 bits per heavy atom. The van der Waals surface area contributed by atoms with Crippen LogP contribution in [0.2, 0.25) is 0 Å². The second-order valence-corrected chi connectivity index (χ2v) is 6.97. The van der Waals surface area contributed by atoms with E-state index >= 15 is 0 Å². The fraction of sp³-hybridized carbons (Fsp3) is 0.391. The van der Waals surface area contributed by atoms with Gasteiger partial charge in [0, 0.05) is 0 Å². The highest BCUT2D eigenvalue weighted by molar-refractivity contribution is 6.02. The van der Waals surface area contributed by atoms with Crippen LogP contribution in [0.1, 0.15) is 83.2 Å². The average molecular weight is 368 g/mol. The Labute approximate surface area is 160 Å². The van der Waals surface area contributed by atoms with E-state index in [1.807, 2.05) is 30.3 Å². The first-order valence-corrected chi connectivity index (χ1v) is 9.68. The summed E-state index contributed by atoms with van der Waals surface area (Å²) in [6.07, 6.45) is 7.24. The molecule has 0 saturated heterocycles. The zero-order chi connectivity index (χ0) is 19.6. The summed E-state index contributed by atoms with van der Waals surface area (Å²) < 4.78 is 0. The summed E-state index contributed by atoms with van der Waals surface area (Å²) in [6.45, 7) is 2.18. The van der Waals surface area contributed by atoms with Crippen molar-refractivity contribution < 1.29 is 19.8 Å². The van der Waals surface area contributed by atoms with E-state index in [4.69, 9.17) is 0 Å². The first-order valence-electron chi connectivity index (χ1n) is 9.68. The van der Waals surface area contributed by atoms with Gasteiger partial charge in [0.25, 0.3) is 0 Å². The molecule has 0 radical (unpaired) electrons. The molecule has 0 aliphatic carbocycles. The van der Waals surface area contributed by atoms with Gasteiger partial charge in [-0.15, -0.1) is 0 Å². The Morgan fingerprint density at radius 2 is 1.56 bits per heavy atom. The van der Waals surface area contributed by atoms with Gasteiger partial charge in [-0.3, -0.25) is 0 Å². The zero-order valence-electron chi connectivity index (χ0n) is 15.9. The summed E-state index contributed by atoms with van der Waals surface area (Å²) in [5.74, 6) is -2.39. The van der Waals surface area contributed by atoms with Crippen LogP contribution in [0.3, 0.4) is 0 Å². The number of hydrogen-bond donors (Lipinski definition) is 2. The number of hydrogen-bond acceptors (Lipinski definition) is 2. The Bertz CT molecular complexity index is 752. The van der Waals surface area contributed by atoms with Crippen molar-refractivity contribution in [1.82, 2.24) is 0 Å². The van der Waals surface area contributed by atoms with Crippen molar-refractivity contribution in [2.24, 2.45) is 0 Å². The van der Waals surface area contributed by atoms with E-state index in [9.17, 15) is 19.8 Å². The van der Waals surface area contributed by atoms with Crippen LogP contribution in [0.25, 0.3) is 0 Å². The molecule has 2 rings (SSSR count). The first kappa shape index (κ1) is 20.7. The number of aromatic carboxylic acids is 2. The van der Waals surface area contributed by atoms with Gasteiger partial charge in [0.2, 0.25) is 0 Å². The molecule has 0 saturated carbocycles. The van der Waals surface area contributed by atoms with E-state index in [2.05, 4.69) is 6.92 Å². The van der Waals surface area contributed by atoms with Gasteiger partial charge in [0.05, 0.1) is 11.1 Å². The van der Waals surface area contributed by atoms with Gasteiger partial charge >= 0.3 is 11.9 Å². The standard InChI is InChI=1S/C23H28O4/c1-2-3-4-5-9-13-18(16-17-11-7-6-8-12-17)19-14-10-15-20(22(24)25)21(19)23(26)27/h6-8,10-12,14-15,18H,2-5,9,13,16H2,1H3,(H,24,25)(H,26,27). The molecule has 2 N–H and O–H groups in total. The van der Waals surface area contributed by atoms with Gasteiger partial charge in [0.15, 0.2) is 0 Å². The maximum absolute atomic E-state index is 11.9. The third-order valence-electron chi connectivity index (χ3n) is 4.96. The molecule has 0 spiro atoms. The molecule has 1 atom stereocenters. The predicted molar refractivity (Wildman–Crippen MR) is 107 cm³/mol. The quantitative estimate of drug-likeness (QED) is 0.494. The van der Waals surface area contributed by atoms with Crippen molar-refractivity contribution in [2.75, 3.05) is 0 Å². The summed E-state index contributed by atoms with van der Waals surface area (Å²) >= 11 is 0. The molecular formula is C23H28O4. The van der Waals surface area contributed by atoms with Crippen molar-refractivity contribution in [3.8, 4) is 0 Å². The second-order valence-electron chi connectivity index (χ2n) is 6.97. The summed E-state index contributed by atoms with van der Waals surface area (Å²) in [7, 11) is 0. The summed E-state index contributed by atoms with van der Waals surface area (Å²) in [6, 6.07) is 14.8. The summed E-state index contributed by atoms with van der Waals surface area (Å²) in [5.41, 5.74) is 1.55. The maximum atomic E-state index is 11.9. The van der Waals surface area contributed by atoms with Crippen LogP contribution >= 0.6 is 0 Å². The van der Waals surface area contributed by atoms with Crippen molar-refractivity contribution in [2.45, 2.75) is 57.8 Å². The lowest BCUT2D eigenvalue weighted by Crippen LogP contribution is -2.15. The minimum atomic E-state index is -1.20. The van der Waals surface area contributed by atoms with Crippen LogP contribution in [0, 0.1) is 0 Å². The summed E-state index contributed by atoms with van der Waals surface area (Å²) in [4.78, 5) is 23.4. The Hall–Kier alpha value is -2.62. The minimum absolute atomic E-state index is 0.0144. The van der Waals surface area contributed by atoms with Crippen LogP contribution in [0.4, 0.5) is 0 Å². The molecule has 0 aliphatic rings. The van der Waals surface area contributed by atoms with E-state index < -0.39 is 11.9 Å². The molecule has 1 unspecified atom stereocenters. The Balaban J connectivity index is 2.32. The van der Waals surface area contributed by atoms with Gasteiger partial charge in [-0.25, -0.2) is 9.59 Å². The Morgan fingerprint density at radius 3 is 2.19 bits per heavy atom. The van der Waals surface area contributed by atoms with Crippen molar-refractivity contribution in [3.63, 3.8) is 0 Å². The number of carboxylic acid groups (broad SMARTS) is 2. The van der Waals surface area contributed by atoms with Gasteiger partial charge in [-0.2, -0.15) is 0 Å². The SMILES string of the molecule is CCCCCCCC(Cc1ccccc1)c1cccc(C(=O)O)c1C(=O)O. The fourth-order valence-corrected chi connectivity index (χ4v) is 3.59. The number of rotatable bonds is 11. The number of benzene rings is 2. The highest BCUT2D eigenvalue weighted by atomic mass is 16.4. The second kappa shape index (κ2) is 10.5. The molecule has 0 bridgehead atoms. The normalized spacial score (nSPS) is 11.9. The van der Waals surface area contributed by atoms with Gasteiger partial charge in [0.1, 0.15) is 0 Å². The van der Waals surface area contributed by atoms with Crippen molar-refractivity contribution >= 4 is 11.9 Å². The largest absolute Gasteiger partial charge is 0.478 e. The lowest BCUT2D eigenvalue weighted by molar-refractivity contribution is 0.0650. The van der Waals surface area contributed by atoms with Crippen molar-refractivity contribution in [1.29, 1.82) is 0 Å². The smallest absolute Gasteiger partial charge is 0.336 e. The first-order chi connectivity index (χ1) is 13.0. The Kier molecular flexibility index (Phi) is 8.05. The molecule has 0 heterocycles. The maximum Gasteiger partial charge on any atom is 0.336 e. The summed E-state index contributed by atoms with van der Waals surface area (Å²) in [5, 5.41) is 19.1. The van der Waals surface area contributed by atoms with E-state index in [1.165, 1.54) is 25.3 Å². The van der Waals surface area contributed by atoms with Gasteiger partial charge < -0.3 is 10.2 Å². The number of unbranched alkanes of at least 4 members (excludes halogenated alkanes) is 4. The molecule has 4 heteroatoms. The van der Waals surface area contributed by atoms with E-state index in [0.717, 1.165) is 24.8 Å². The molecule has 0 amide bonds. The van der Waals surface area contributed by atoms with Crippen LogP contribution in [0.15, 0.2) is 48.5 Å². The average Bonchev–Trinajstić information content (AvgIpc) is 2.67. The predicted octanol–water partition coefficient (Wildman–Crippen LogP) is 5.77. The van der Waals surface area contributed by atoms with Crippen LogP contribution < -0.4 is 0 Å². The molecular weight excluding hydrogens is 340 g/mol. The van der Waals surface area contributed by atoms with Crippen molar-refractivity contribution in [3.05, 3.63) is 70.8 Å². The molecule has 0 aliphatic heterocycles. The molecule has 0 aromatic heterocycles. The van der Waals surface area contributed by atoms with E-state index in [-0.39, 0.29) is 17.0 Å². The molecule has 2 aromatic carbocycles. The van der Waals surface area contributed by atoms with Crippen LogP contribution in [-0.4, -0.2) is 22.2 Å². The number of carbonyl (C=O) groups is 2. The topological polar surface area (TPSA) is 74.6 Å². The molecule has 2 aromatic rings. The minimum Gasteiger partial charge on any atom is -0.478 e. The molecule has 4 nitrogen and oxygen atoms in total. The van der Waals surface area contributed by atoms with Crippen LogP contribution in [-0.2, 0) is 6.42 Å². The molecule has 27 heavy (non-hydrogen) atoms. The lowest BCUT2D eigenvalue weighted by atomic mass is 9.83. The third-order valence-corrected chi connectivity index (χ3v) is 4.96. The van der Waals surface area contributed by atoms with Crippen LogP contribution in [0.5, 0.6) is 0 Å². The molecule has 144 valence electrons. The van der Waals surface area contributed by atoms with E-state index in [0.29, 0.717) is 12.0 Å². The zero-order valence-corrected chi connectivity index (χ0v) is 15.9. The lowest BCUT2D eigenvalue weighted by Gasteiger charge is -2.21. The highest BCUT2D eigenvalue weighted by Crippen LogP contribution is 2.31.